The summed E-state index contributed by atoms with van der Waals surface area (Å²) in [4.78, 5) is 17.3. The number of nitrogens with one attached hydrogen (secondary N) is 1. The van der Waals surface area contributed by atoms with Gasteiger partial charge in [0.05, 0.1) is 4.88 Å². The summed E-state index contributed by atoms with van der Waals surface area (Å²) in [5, 5.41) is 5.99. The van der Waals surface area contributed by atoms with Gasteiger partial charge in [-0.15, -0.1) is 11.3 Å². The Balaban J connectivity index is 1.48. The van der Waals surface area contributed by atoms with Gasteiger partial charge >= 0.3 is 0 Å². The minimum atomic E-state index is 0.126. The molecule has 2 aromatic rings. The number of aryl methyl sites for hydroxylation is 1. The minimum absolute atomic E-state index is 0.126. The predicted molar refractivity (Wildman–Crippen MR) is 113 cm³/mol. The third-order valence-corrected chi connectivity index (χ3v) is 5.83. The van der Waals surface area contributed by atoms with Crippen molar-refractivity contribution in [3.8, 4) is 0 Å². The summed E-state index contributed by atoms with van der Waals surface area (Å²) in [7, 11) is 0. The number of thiophene rings is 1. The first-order valence-electron chi connectivity index (χ1n) is 9.15. The third kappa shape index (κ3) is 4.83. The zero-order chi connectivity index (χ0) is 18.4. The van der Waals surface area contributed by atoms with Gasteiger partial charge in [0.1, 0.15) is 0 Å². The van der Waals surface area contributed by atoms with Crippen LogP contribution in [0, 0.1) is 0 Å². The molecule has 1 aliphatic rings. The van der Waals surface area contributed by atoms with Crippen molar-refractivity contribution in [3.05, 3.63) is 52.2 Å². The summed E-state index contributed by atoms with van der Waals surface area (Å²) in [6.07, 6.45) is 3.56. The second-order valence-electron chi connectivity index (χ2n) is 6.49. The Morgan fingerprint density at radius 3 is 2.42 bits per heavy atom. The first-order chi connectivity index (χ1) is 12.7. The number of rotatable bonds is 5. The van der Waals surface area contributed by atoms with Crippen LogP contribution in [0.5, 0.6) is 0 Å². The quantitative estimate of drug-likeness (QED) is 0.778. The Morgan fingerprint density at radius 2 is 1.81 bits per heavy atom. The molecule has 1 saturated heterocycles. The van der Waals surface area contributed by atoms with E-state index in [0.717, 1.165) is 35.2 Å². The zero-order valence-corrected chi connectivity index (χ0v) is 16.7. The lowest BCUT2D eigenvalue weighted by atomic mass is 10.1. The highest BCUT2D eigenvalue weighted by Gasteiger charge is 2.23. The monoisotopic (exact) mass is 387 g/mol. The van der Waals surface area contributed by atoms with Crippen molar-refractivity contribution in [2.75, 3.05) is 31.5 Å². The standard InChI is InChI=1S/C20H25N3OS2/c1-2-3-5-16-7-9-17(10-8-16)21-20(25)23-13-11-22(12-14-23)19(24)18-6-4-15-26-18/h4,6-10,15H,2-3,5,11-14H2,1H3,(H,21,25). The Kier molecular flexibility index (Phi) is 6.63. The van der Waals surface area contributed by atoms with E-state index in [4.69, 9.17) is 12.2 Å². The van der Waals surface area contributed by atoms with Crippen molar-refractivity contribution in [2.24, 2.45) is 0 Å². The average Bonchev–Trinajstić information content (AvgIpc) is 3.22. The largest absolute Gasteiger partial charge is 0.345 e. The number of thiocarbonyl (C=S) groups is 1. The lowest BCUT2D eigenvalue weighted by molar-refractivity contribution is 0.0698. The normalized spacial score (nSPS) is 14.3. The van der Waals surface area contributed by atoms with Gasteiger partial charge in [-0.25, -0.2) is 0 Å². The van der Waals surface area contributed by atoms with Crippen molar-refractivity contribution in [2.45, 2.75) is 26.2 Å². The molecular weight excluding hydrogens is 362 g/mol. The Morgan fingerprint density at radius 1 is 1.12 bits per heavy atom. The first-order valence-corrected chi connectivity index (χ1v) is 10.4. The molecule has 0 radical (unpaired) electrons. The van der Waals surface area contributed by atoms with Gasteiger partial charge in [0.15, 0.2) is 5.11 Å². The summed E-state index contributed by atoms with van der Waals surface area (Å²) < 4.78 is 0. The van der Waals surface area contributed by atoms with E-state index in [1.54, 1.807) is 0 Å². The van der Waals surface area contributed by atoms with Crippen LogP contribution in [0.4, 0.5) is 5.69 Å². The maximum atomic E-state index is 12.4. The van der Waals surface area contributed by atoms with Crippen molar-refractivity contribution in [1.82, 2.24) is 9.80 Å². The van der Waals surface area contributed by atoms with Crippen molar-refractivity contribution < 1.29 is 4.79 Å². The molecule has 1 fully saturated rings. The summed E-state index contributed by atoms with van der Waals surface area (Å²) in [5.74, 6) is 0.126. The molecule has 2 heterocycles. The van der Waals surface area contributed by atoms with Crippen LogP contribution in [0.3, 0.4) is 0 Å². The molecule has 1 aliphatic heterocycles. The van der Waals surface area contributed by atoms with Crippen LogP contribution in [0.1, 0.15) is 35.0 Å². The van der Waals surface area contributed by atoms with Gasteiger partial charge in [0.2, 0.25) is 0 Å². The van der Waals surface area contributed by atoms with Gasteiger partial charge in [-0.1, -0.05) is 31.5 Å². The number of benzene rings is 1. The fourth-order valence-electron chi connectivity index (χ4n) is 3.01. The molecule has 0 atom stereocenters. The molecule has 26 heavy (non-hydrogen) atoms. The molecule has 4 nitrogen and oxygen atoms in total. The molecule has 0 saturated carbocycles. The third-order valence-electron chi connectivity index (χ3n) is 4.61. The number of unbranched alkanes of at least 4 members (excludes halogenated alkanes) is 1. The van der Waals surface area contributed by atoms with E-state index in [9.17, 15) is 4.79 Å². The van der Waals surface area contributed by atoms with Crippen LogP contribution in [0.25, 0.3) is 0 Å². The Bertz CT molecular complexity index is 720. The van der Waals surface area contributed by atoms with Gasteiger partial charge in [-0.2, -0.15) is 0 Å². The minimum Gasteiger partial charge on any atom is -0.345 e. The maximum Gasteiger partial charge on any atom is 0.264 e. The Labute approximate surface area is 164 Å². The SMILES string of the molecule is CCCCc1ccc(NC(=S)N2CCN(C(=O)c3cccs3)CC2)cc1. The number of carbonyl (C=O) groups excluding carboxylic acids is 1. The smallest absolute Gasteiger partial charge is 0.264 e. The van der Waals surface area contributed by atoms with E-state index < -0.39 is 0 Å². The van der Waals surface area contributed by atoms with E-state index in [-0.39, 0.29) is 5.91 Å². The van der Waals surface area contributed by atoms with Gasteiger partial charge in [-0.05, 0) is 54.2 Å². The maximum absolute atomic E-state index is 12.4. The molecule has 0 unspecified atom stereocenters. The van der Waals surface area contributed by atoms with E-state index >= 15 is 0 Å². The number of amides is 1. The van der Waals surface area contributed by atoms with Crippen LogP contribution < -0.4 is 5.32 Å². The number of nitrogens with zero attached hydrogens (tertiary/aromatic N) is 2. The van der Waals surface area contributed by atoms with E-state index in [0.29, 0.717) is 13.1 Å². The molecule has 1 amide bonds. The van der Waals surface area contributed by atoms with Crippen molar-refractivity contribution in [3.63, 3.8) is 0 Å². The highest BCUT2D eigenvalue weighted by atomic mass is 32.1. The molecule has 1 N–H and O–H groups in total. The van der Waals surface area contributed by atoms with Crippen LogP contribution in [-0.4, -0.2) is 47.0 Å². The molecular formula is C20H25N3OS2. The molecule has 0 aliphatic carbocycles. The van der Waals surface area contributed by atoms with Crippen LogP contribution in [0.2, 0.25) is 0 Å². The molecule has 1 aromatic carbocycles. The molecule has 0 bridgehead atoms. The summed E-state index contributed by atoms with van der Waals surface area (Å²) in [6, 6.07) is 12.3. The topological polar surface area (TPSA) is 35.6 Å². The molecule has 1 aromatic heterocycles. The summed E-state index contributed by atoms with van der Waals surface area (Å²) in [6.45, 7) is 5.14. The Hall–Kier alpha value is -1.92. The van der Waals surface area contributed by atoms with E-state index in [2.05, 4.69) is 41.4 Å². The second kappa shape index (κ2) is 9.14. The number of hydrogen-bond donors (Lipinski definition) is 1. The van der Waals surface area contributed by atoms with E-state index in [1.165, 1.54) is 29.7 Å². The van der Waals surface area contributed by atoms with Crippen molar-refractivity contribution in [1.29, 1.82) is 0 Å². The molecule has 138 valence electrons. The average molecular weight is 388 g/mol. The van der Waals surface area contributed by atoms with Gasteiger partial charge < -0.3 is 15.1 Å². The summed E-state index contributed by atoms with van der Waals surface area (Å²) >= 11 is 7.05. The fourth-order valence-corrected chi connectivity index (χ4v) is 4.00. The molecule has 0 spiro atoms. The van der Waals surface area contributed by atoms with E-state index in [1.807, 2.05) is 22.4 Å². The number of hydrogen-bond acceptors (Lipinski definition) is 3. The second-order valence-corrected chi connectivity index (χ2v) is 7.82. The number of anilines is 1. The zero-order valence-electron chi connectivity index (χ0n) is 15.1. The van der Waals surface area contributed by atoms with Crippen molar-refractivity contribution >= 4 is 40.3 Å². The van der Waals surface area contributed by atoms with Gasteiger partial charge in [-0.3, -0.25) is 4.79 Å². The predicted octanol–water partition coefficient (Wildman–Crippen LogP) is 4.25. The lowest BCUT2D eigenvalue weighted by Gasteiger charge is -2.36. The molecule has 3 rings (SSSR count). The van der Waals surface area contributed by atoms with Crippen LogP contribution in [0.15, 0.2) is 41.8 Å². The first kappa shape index (κ1) is 18.9. The number of carbonyl (C=O) groups is 1. The summed E-state index contributed by atoms with van der Waals surface area (Å²) in [5.41, 5.74) is 2.39. The molecule has 6 heteroatoms. The highest BCUT2D eigenvalue weighted by Crippen LogP contribution is 2.16. The highest BCUT2D eigenvalue weighted by molar-refractivity contribution is 7.80. The van der Waals surface area contributed by atoms with Crippen LogP contribution >= 0.6 is 23.6 Å². The number of piperazine rings is 1. The fraction of sp³-hybridized carbons (Fsp3) is 0.400. The lowest BCUT2D eigenvalue weighted by Crippen LogP contribution is -2.51. The van der Waals surface area contributed by atoms with Crippen LogP contribution in [-0.2, 0) is 6.42 Å². The van der Waals surface area contributed by atoms with Gasteiger partial charge in [0.25, 0.3) is 5.91 Å². The van der Waals surface area contributed by atoms with Gasteiger partial charge in [0, 0.05) is 31.9 Å².